The van der Waals surface area contributed by atoms with Crippen molar-refractivity contribution in [2.24, 2.45) is 0 Å². The smallest absolute Gasteiger partial charge is 0.260 e. The first-order valence-electron chi connectivity index (χ1n) is 12.2. The molecule has 1 atom stereocenters. The summed E-state index contributed by atoms with van der Waals surface area (Å²) in [7, 11) is 0. The van der Waals surface area contributed by atoms with Gasteiger partial charge in [-0.25, -0.2) is 0 Å². The lowest BCUT2D eigenvalue weighted by molar-refractivity contribution is -0.141. The van der Waals surface area contributed by atoms with Crippen molar-refractivity contribution in [3.63, 3.8) is 0 Å². The topological polar surface area (TPSA) is 53.1 Å². The van der Waals surface area contributed by atoms with Crippen molar-refractivity contribution in [2.75, 3.05) is 45.9 Å². The molecule has 0 radical (unpaired) electrons. The Labute approximate surface area is 210 Å². The van der Waals surface area contributed by atoms with Crippen LogP contribution in [-0.2, 0) is 16.0 Å². The summed E-state index contributed by atoms with van der Waals surface area (Å²) >= 11 is 1.81. The maximum absolute atomic E-state index is 13.3. The van der Waals surface area contributed by atoms with Gasteiger partial charge in [0.25, 0.3) is 5.91 Å². The Morgan fingerprint density at radius 1 is 0.857 bits per heavy atom. The molecule has 1 fully saturated rings. The summed E-state index contributed by atoms with van der Waals surface area (Å²) in [5, 5.41) is 2.17. The van der Waals surface area contributed by atoms with Crippen LogP contribution in [0.15, 0.2) is 66.0 Å². The highest BCUT2D eigenvalue weighted by Gasteiger charge is 2.33. The van der Waals surface area contributed by atoms with Crippen molar-refractivity contribution in [3.05, 3.63) is 87.6 Å². The number of thiophene rings is 1. The number of para-hydroxylation sites is 1. The number of amides is 2. The lowest BCUT2D eigenvalue weighted by Crippen LogP contribution is -2.54. The van der Waals surface area contributed by atoms with Crippen LogP contribution in [-0.4, -0.2) is 72.4 Å². The monoisotopic (exact) mass is 489 g/mol. The highest BCUT2D eigenvalue weighted by Crippen LogP contribution is 2.38. The SMILES string of the molecule is Cc1ccccc1[C@H]1c2ccsc2CCN1CC(=O)N1CCN(C(=O)COc2ccccc2)CC1. The van der Waals surface area contributed by atoms with E-state index in [2.05, 4.69) is 47.5 Å². The van der Waals surface area contributed by atoms with E-state index in [-0.39, 0.29) is 24.5 Å². The average Bonchev–Trinajstić information content (AvgIpc) is 3.37. The molecule has 1 saturated heterocycles. The maximum Gasteiger partial charge on any atom is 0.260 e. The van der Waals surface area contributed by atoms with E-state index >= 15 is 0 Å². The molecule has 0 bridgehead atoms. The number of carbonyl (C=O) groups excluding carboxylic acids is 2. The summed E-state index contributed by atoms with van der Waals surface area (Å²) in [5.74, 6) is 0.782. The normalized spacial score (nSPS) is 18.3. The molecule has 6 nitrogen and oxygen atoms in total. The third kappa shape index (κ3) is 5.26. The molecule has 35 heavy (non-hydrogen) atoms. The maximum atomic E-state index is 13.3. The second-order valence-corrected chi connectivity index (χ2v) is 10.1. The van der Waals surface area contributed by atoms with Crippen molar-refractivity contribution >= 4 is 23.2 Å². The van der Waals surface area contributed by atoms with E-state index in [4.69, 9.17) is 4.74 Å². The van der Waals surface area contributed by atoms with E-state index in [1.165, 1.54) is 21.6 Å². The number of rotatable bonds is 6. The molecule has 1 aromatic heterocycles. The van der Waals surface area contributed by atoms with Gasteiger partial charge in [0.15, 0.2) is 6.61 Å². The predicted molar refractivity (Wildman–Crippen MR) is 138 cm³/mol. The molecule has 2 amide bonds. The van der Waals surface area contributed by atoms with Gasteiger partial charge in [0.05, 0.1) is 12.6 Å². The summed E-state index contributed by atoms with van der Waals surface area (Å²) in [4.78, 5) is 33.3. The quantitative estimate of drug-likeness (QED) is 0.529. The molecule has 0 aliphatic carbocycles. The summed E-state index contributed by atoms with van der Waals surface area (Å²) in [6.07, 6.45) is 0.979. The highest BCUT2D eigenvalue weighted by molar-refractivity contribution is 7.10. The number of nitrogens with zero attached hydrogens (tertiary/aromatic N) is 3. The molecule has 0 N–H and O–H groups in total. The van der Waals surface area contributed by atoms with Crippen LogP contribution in [0.4, 0.5) is 0 Å². The van der Waals surface area contributed by atoms with E-state index < -0.39 is 0 Å². The number of aryl methyl sites for hydroxylation is 1. The van der Waals surface area contributed by atoms with Gasteiger partial charge in [-0.05, 0) is 53.6 Å². The van der Waals surface area contributed by atoms with Crippen LogP contribution in [0.25, 0.3) is 0 Å². The fourth-order valence-corrected chi connectivity index (χ4v) is 5.93. The van der Waals surface area contributed by atoms with Crippen LogP contribution < -0.4 is 4.74 Å². The van der Waals surface area contributed by atoms with Gasteiger partial charge in [-0.15, -0.1) is 11.3 Å². The molecule has 0 unspecified atom stereocenters. The van der Waals surface area contributed by atoms with Crippen molar-refractivity contribution in [3.8, 4) is 5.75 Å². The first-order chi connectivity index (χ1) is 17.1. The van der Waals surface area contributed by atoms with E-state index in [0.717, 1.165) is 13.0 Å². The first kappa shape index (κ1) is 23.6. The Bertz CT molecular complexity index is 1170. The molecular formula is C28H31N3O3S. The third-order valence-corrected chi connectivity index (χ3v) is 7.97. The number of piperazine rings is 1. The van der Waals surface area contributed by atoms with Gasteiger partial charge in [-0.1, -0.05) is 42.5 Å². The van der Waals surface area contributed by atoms with Gasteiger partial charge < -0.3 is 14.5 Å². The molecule has 0 spiro atoms. The molecule has 2 aliphatic rings. The van der Waals surface area contributed by atoms with Gasteiger partial charge in [0.2, 0.25) is 5.91 Å². The van der Waals surface area contributed by atoms with Crippen molar-refractivity contribution in [2.45, 2.75) is 19.4 Å². The molecule has 3 heterocycles. The Morgan fingerprint density at radius 2 is 1.54 bits per heavy atom. The van der Waals surface area contributed by atoms with E-state index in [1.54, 1.807) is 4.90 Å². The van der Waals surface area contributed by atoms with Crippen LogP contribution in [0, 0.1) is 6.92 Å². The van der Waals surface area contributed by atoms with Gasteiger partial charge in [0, 0.05) is 37.6 Å². The zero-order valence-corrected chi connectivity index (χ0v) is 20.9. The molecule has 7 heteroatoms. The van der Waals surface area contributed by atoms with E-state index in [9.17, 15) is 9.59 Å². The number of hydrogen-bond donors (Lipinski definition) is 0. The Balaban J connectivity index is 1.19. The van der Waals surface area contributed by atoms with Crippen LogP contribution in [0.5, 0.6) is 5.75 Å². The zero-order valence-electron chi connectivity index (χ0n) is 20.1. The molecule has 2 aliphatic heterocycles. The van der Waals surface area contributed by atoms with E-state index in [0.29, 0.717) is 38.5 Å². The lowest BCUT2D eigenvalue weighted by atomic mass is 9.90. The fourth-order valence-electron chi connectivity index (χ4n) is 5.03. The summed E-state index contributed by atoms with van der Waals surface area (Å²) < 4.78 is 5.60. The number of carbonyl (C=O) groups is 2. The van der Waals surface area contributed by atoms with Crippen molar-refractivity contribution < 1.29 is 14.3 Å². The van der Waals surface area contributed by atoms with Gasteiger partial charge in [-0.2, -0.15) is 0 Å². The summed E-state index contributed by atoms with van der Waals surface area (Å²) in [6.45, 7) is 5.62. The minimum absolute atomic E-state index is 0.0207. The molecular weight excluding hydrogens is 458 g/mol. The minimum Gasteiger partial charge on any atom is -0.484 e. The lowest BCUT2D eigenvalue weighted by Gasteiger charge is -2.39. The molecule has 2 aromatic carbocycles. The Morgan fingerprint density at radius 3 is 2.29 bits per heavy atom. The largest absolute Gasteiger partial charge is 0.484 e. The second kappa shape index (κ2) is 10.6. The summed E-state index contributed by atoms with van der Waals surface area (Å²) in [5.41, 5.74) is 3.85. The molecule has 182 valence electrons. The number of benzene rings is 2. The second-order valence-electron chi connectivity index (χ2n) is 9.14. The fraction of sp³-hybridized carbons (Fsp3) is 0.357. The molecule has 3 aromatic rings. The number of ether oxygens (including phenoxy) is 1. The zero-order chi connectivity index (χ0) is 24.2. The van der Waals surface area contributed by atoms with Crippen LogP contribution >= 0.6 is 11.3 Å². The van der Waals surface area contributed by atoms with Gasteiger partial charge in [0.1, 0.15) is 5.75 Å². The molecule has 0 saturated carbocycles. The predicted octanol–water partition coefficient (Wildman–Crippen LogP) is 3.75. The van der Waals surface area contributed by atoms with Crippen molar-refractivity contribution in [1.29, 1.82) is 0 Å². The average molecular weight is 490 g/mol. The Kier molecular flexibility index (Phi) is 7.16. The number of fused-ring (bicyclic) bond motifs is 1. The first-order valence-corrected chi connectivity index (χ1v) is 13.1. The van der Waals surface area contributed by atoms with Crippen LogP contribution in [0.3, 0.4) is 0 Å². The molecule has 5 rings (SSSR count). The standard InChI is InChI=1S/C28H31N3O3S/c1-21-7-5-6-10-23(21)28-24-12-18-35-25(24)11-13-31(28)19-26(32)29-14-16-30(17-15-29)27(33)20-34-22-8-3-2-4-9-22/h2-10,12,18,28H,11,13-17,19-20H2,1H3/t28-/m0/s1. The van der Waals surface area contributed by atoms with Crippen LogP contribution in [0.2, 0.25) is 0 Å². The Hall–Kier alpha value is -3.16. The summed E-state index contributed by atoms with van der Waals surface area (Å²) in [6, 6.07) is 20.2. The van der Waals surface area contributed by atoms with Crippen LogP contribution in [0.1, 0.15) is 27.6 Å². The van der Waals surface area contributed by atoms with Gasteiger partial charge in [-0.3, -0.25) is 14.5 Å². The third-order valence-electron chi connectivity index (χ3n) is 6.98. The minimum atomic E-state index is -0.0402. The van der Waals surface area contributed by atoms with Gasteiger partial charge >= 0.3 is 0 Å². The number of hydrogen-bond acceptors (Lipinski definition) is 5. The van der Waals surface area contributed by atoms with Crippen molar-refractivity contribution in [1.82, 2.24) is 14.7 Å². The highest BCUT2D eigenvalue weighted by atomic mass is 32.1. The van der Waals surface area contributed by atoms with E-state index in [1.807, 2.05) is 46.6 Å².